The van der Waals surface area contributed by atoms with Crippen LogP contribution in [0.2, 0.25) is 0 Å². The van der Waals surface area contributed by atoms with Gasteiger partial charge >= 0.3 is 0 Å². The second-order valence-corrected chi connectivity index (χ2v) is 4.55. The summed E-state index contributed by atoms with van der Waals surface area (Å²) in [5, 5.41) is 9.05. The van der Waals surface area contributed by atoms with Gasteiger partial charge in [-0.05, 0) is 26.0 Å². The second kappa shape index (κ2) is 6.11. The molecule has 0 saturated heterocycles. The third-order valence-corrected chi connectivity index (χ3v) is 2.85. The van der Waals surface area contributed by atoms with Crippen molar-refractivity contribution in [2.75, 3.05) is 13.7 Å². The van der Waals surface area contributed by atoms with E-state index < -0.39 is 0 Å². The summed E-state index contributed by atoms with van der Waals surface area (Å²) in [4.78, 5) is 0. The molecule has 90 valence electrons. The fourth-order valence-corrected chi connectivity index (χ4v) is 1.96. The summed E-state index contributed by atoms with van der Waals surface area (Å²) in [5.41, 5.74) is 0.940. The number of halogens is 1. The minimum atomic E-state index is 0.0700. The van der Waals surface area contributed by atoms with Crippen molar-refractivity contribution in [2.45, 2.75) is 26.4 Å². The lowest BCUT2D eigenvalue weighted by Gasteiger charge is -2.18. The zero-order chi connectivity index (χ0) is 12.1. The van der Waals surface area contributed by atoms with Gasteiger partial charge in [-0.25, -0.2) is 0 Å². The Morgan fingerprint density at radius 1 is 1.38 bits per heavy atom. The normalized spacial score (nSPS) is 10.6. The molecule has 0 saturated carbocycles. The van der Waals surface area contributed by atoms with Crippen molar-refractivity contribution in [3.63, 3.8) is 0 Å². The summed E-state index contributed by atoms with van der Waals surface area (Å²) in [6.45, 7) is 4.01. The molecule has 1 rings (SSSR count). The monoisotopic (exact) mass is 288 g/mol. The predicted molar refractivity (Wildman–Crippen MR) is 67.2 cm³/mol. The first-order valence-electron chi connectivity index (χ1n) is 5.23. The van der Waals surface area contributed by atoms with Crippen molar-refractivity contribution in [1.82, 2.24) is 0 Å². The molecule has 0 bridgehead atoms. The Balaban J connectivity index is 3.18. The zero-order valence-corrected chi connectivity index (χ0v) is 11.4. The first-order valence-corrected chi connectivity index (χ1v) is 6.02. The molecule has 16 heavy (non-hydrogen) atoms. The standard InChI is InChI=1S/C12H17BrO3/c1-8(2)16-12-9(6-7-14)10(13)4-5-11(12)15-3/h4-5,8,14H,6-7H2,1-3H3. The number of ether oxygens (including phenoxy) is 2. The molecule has 0 aromatic heterocycles. The SMILES string of the molecule is COc1ccc(Br)c(CCO)c1OC(C)C. The van der Waals surface area contributed by atoms with E-state index in [1.54, 1.807) is 7.11 Å². The van der Waals surface area contributed by atoms with Crippen LogP contribution in [-0.4, -0.2) is 24.9 Å². The van der Waals surface area contributed by atoms with Crippen LogP contribution in [0.4, 0.5) is 0 Å². The summed E-state index contributed by atoms with van der Waals surface area (Å²) in [6.07, 6.45) is 0.612. The molecule has 0 amide bonds. The van der Waals surface area contributed by atoms with E-state index in [0.717, 1.165) is 10.0 Å². The van der Waals surface area contributed by atoms with Crippen LogP contribution in [0.25, 0.3) is 0 Å². The van der Waals surface area contributed by atoms with Gasteiger partial charge in [0, 0.05) is 23.1 Å². The molecule has 0 aliphatic carbocycles. The Labute approximate surface area is 105 Å². The van der Waals surface area contributed by atoms with Gasteiger partial charge in [0.2, 0.25) is 0 Å². The molecule has 1 N–H and O–H groups in total. The molecular weight excluding hydrogens is 272 g/mol. The number of benzene rings is 1. The highest BCUT2D eigenvalue weighted by Crippen LogP contribution is 2.37. The third kappa shape index (κ3) is 3.12. The Bertz CT molecular complexity index is 350. The highest BCUT2D eigenvalue weighted by atomic mass is 79.9. The Morgan fingerprint density at radius 3 is 2.56 bits per heavy atom. The first kappa shape index (κ1) is 13.3. The van der Waals surface area contributed by atoms with Crippen LogP contribution >= 0.6 is 15.9 Å². The van der Waals surface area contributed by atoms with Gasteiger partial charge in [0.05, 0.1) is 13.2 Å². The van der Waals surface area contributed by atoms with Gasteiger partial charge < -0.3 is 14.6 Å². The van der Waals surface area contributed by atoms with Crippen LogP contribution in [0, 0.1) is 0 Å². The van der Waals surface area contributed by atoms with Crippen LogP contribution < -0.4 is 9.47 Å². The maximum atomic E-state index is 9.05. The van der Waals surface area contributed by atoms with Crippen molar-refractivity contribution in [2.24, 2.45) is 0 Å². The average Bonchev–Trinajstić information content (AvgIpc) is 2.23. The quantitative estimate of drug-likeness (QED) is 0.906. The molecule has 0 atom stereocenters. The summed E-state index contributed by atoms with van der Waals surface area (Å²) in [6, 6.07) is 3.75. The van der Waals surface area contributed by atoms with Crippen LogP contribution in [0.1, 0.15) is 19.4 Å². The fraction of sp³-hybridized carbons (Fsp3) is 0.500. The van der Waals surface area contributed by atoms with E-state index in [-0.39, 0.29) is 12.7 Å². The molecule has 4 heteroatoms. The van der Waals surface area contributed by atoms with Gasteiger partial charge in [-0.3, -0.25) is 0 Å². The van der Waals surface area contributed by atoms with Crippen LogP contribution in [0.15, 0.2) is 16.6 Å². The van der Waals surface area contributed by atoms with Crippen molar-refractivity contribution in [3.8, 4) is 11.5 Å². The minimum absolute atomic E-state index is 0.0700. The highest BCUT2D eigenvalue weighted by molar-refractivity contribution is 9.10. The molecule has 0 heterocycles. The lowest BCUT2D eigenvalue weighted by molar-refractivity contribution is 0.224. The van der Waals surface area contributed by atoms with E-state index in [0.29, 0.717) is 17.9 Å². The number of hydrogen-bond acceptors (Lipinski definition) is 3. The maximum absolute atomic E-state index is 9.05. The molecular formula is C12H17BrO3. The first-order chi connectivity index (χ1) is 7.60. The zero-order valence-electron chi connectivity index (χ0n) is 9.79. The Hall–Kier alpha value is -0.740. The Kier molecular flexibility index (Phi) is 5.09. The van der Waals surface area contributed by atoms with Gasteiger partial charge in [-0.15, -0.1) is 0 Å². The van der Waals surface area contributed by atoms with E-state index in [1.807, 2.05) is 26.0 Å². The molecule has 1 aromatic carbocycles. The van der Waals surface area contributed by atoms with E-state index in [9.17, 15) is 0 Å². The minimum Gasteiger partial charge on any atom is -0.493 e. The summed E-state index contributed by atoms with van der Waals surface area (Å²) >= 11 is 3.45. The number of methoxy groups -OCH3 is 1. The van der Waals surface area contributed by atoms with E-state index >= 15 is 0 Å². The summed E-state index contributed by atoms with van der Waals surface area (Å²) in [5.74, 6) is 1.40. The number of aliphatic hydroxyl groups excluding tert-OH is 1. The predicted octanol–water partition coefficient (Wildman–Crippen LogP) is 2.78. The van der Waals surface area contributed by atoms with Gasteiger partial charge in [0.25, 0.3) is 0 Å². The van der Waals surface area contributed by atoms with E-state index in [1.165, 1.54) is 0 Å². The van der Waals surface area contributed by atoms with Crippen molar-refractivity contribution in [1.29, 1.82) is 0 Å². The molecule has 0 fully saturated rings. The average molecular weight is 289 g/mol. The molecule has 0 aliphatic rings. The lowest BCUT2D eigenvalue weighted by atomic mass is 10.1. The van der Waals surface area contributed by atoms with E-state index in [4.69, 9.17) is 14.6 Å². The van der Waals surface area contributed by atoms with Crippen molar-refractivity contribution < 1.29 is 14.6 Å². The molecule has 0 unspecified atom stereocenters. The second-order valence-electron chi connectivity index (χ2n) is 3.70. The molecule has 3 nitrogen and oxygen atoms in total. The van der Waals surface area contributed by atoms with Gasteiger partial charge in [0.1, 0.15) is 0 Å². The summed E-state index contributed by atoms with van der Waals surface area (Å²) < 4.78 is 11.9. The largest absolute Gasteiger partial charge is 0.493 e. The molecule has 0 radical (unpaired) electrons. The number of aliphatic hydroxyl groups is 1. The molecule has 0 spiro atoms. The van der Waals surface area contributed by atoms with Crippen LogP contribution in [0.3, 0.4) is 0 Å². The van der Waals surface area contributed by atoms with Gasteiger partial charge in [0.15, 0.2) is 11.5 Å². The lowest BCUT2D eigenvalue weighted by Crippen LogP contribution is -2.10. The van der Waals surface area contributed by atoms with Crippen LogP contribution in [-0.2, 0) is 6.42 Å². The van der Waals surface area contributed by atoms with Crippen LogP contribution in [0.5, 0.6) is 11.5 Å². The fourth-order valence-electron chi connectivity index (χ4n) is 1.45. The Morgan fingerprint density at radius 2 is 2.06 bits per heavy atom. The van der Waals surface area contributed by atoms with Crippen molar-refractivity contribution >= 4 is 15.9 Å². The van der Waals surface area contributed by atoms with E-state index in [2.05, 4.69) is 15.9 Å². The maximum Gasteiger partial charge on any atom is 0.165 e. The third-order valence-electron chi connectivity index (χ3n) is 2.10. The molecule has 0 aliphatic heterocycles. The smallest absolute Gasteiger partial charge is 0.165 e. The molecule has 1 aromatic rings. The van der Waals surface area contributed by atoms with Gasteiger partial charge in [-0.2, -0.15) is 0 Å². The highest BCUT2D eigenvalue weighted by Gasteiger charge is 2.15. The topological polar surface area (TPSA) is 38.7 Å². The number of rotatable bonds is 5. The van der Waals surface area contributed by atoms with Crippen molar-refractivity contribution in [3.05, 3.63) is 22.2 Å². The summed E-state index contributed by atoms with van der Waals surface area (Å²) in [7, 11) is 1.61. The van der Waals surface area contributed by atoms with Gasteiger partial charge in [-0.1, -0.05) is 15.9 Å². The number of hydrogen-bond donors (Lipinski definition) is 1.